The largest absolute Gasteiger partial charge is 0.477 e. The molecule has 0 amide bonds. The van der Waals surface area contributed by atoms with Gasteiger partial charge < -0.3 is 10.4 Å². The van der Waals surface area contributed by atoms with Gasteiger partial charge in [0.1, 0.15) is 4.88 Å². The smallest absolute Gasteiger partial charge is 0.347 e. The molecule has 0 unspecified atom stereocenters. The summed E-state index contributed by atoms with van der Waals surface area (Å²) in [5.74, 6) is -0.933. The Morgan fingerprint density at radius 3 is 2.50 bits per heavy atom. The summed E-state index contributed by atoms with van der Waals surface area (Å²) in [6.07, 6.45) is 0. The Labute approximate surface area is 122 Å². The van der Waals surface area contributed by atoms with E-state index in [1.807, 2.05) is 18.2 Å². The van der Waals surface area contributed by atoms with Gasteiger partial charge >= 0.3 is 5.97 Å². The molecule has 0 bridgehead atoms. The van der Waals surface area contributed by atoms with Crippen LogP contribution in [0.25, 0.3) is 0 Å². The molecule has 0 spiro atoms. The summed E-state index contributed by atoms with van der Waals surface area (Å²) in [6.45, 7) is 8.14. The van der Waals surface area contributed by atoms with Crippen LogP contribution in [0.15, 0.2) is 24.3 Å². The van der Waals surface area contributed by atoms with Crippen LogP contribution >= 0.6 is 11.3 Å². The molecule has 2 N–H and O–H groups in total. The quantitative estimate of drug-likeness (QED) is 0.889. The van der Waals surface area contributed by atoms with Gasteiger partial charge in [0.25, 0.3) is 0 Å². The Morgan fingerprint density at radius 2 is 1.95 bits per heavy atom. The van der Waals surface area contributed by atoms with Crippen LogP contribution in [0.2, 0.25) is 0 Å². The fraction of sp³-hybridized carbons (Fsp3) is 0.333. The topological polar surface area (TPSA) is 62.2 Å². The normalized spacial score (nSPS) is 11.4. The third kappa shape index (κ3) is 2.99. The maximum Gasteiger partial charge on any atom is 0.347 e. The van der Waals surface area contributed by atoms with E-state index in [-0.39, 0.29) is 10.3 Å². The van der Waals surface area contributed by atoms with Crippen molar-refractivity contribution in [1.82, 2.24) is 4.98 Å². The Kier molecular flexibility index (Phi) is 3.81. The molecule has 0 aliphatic rings. The highest BCUT2D eigenvalue weighted by Gasteiger charge is 2.19. The highest BCUT2D eigenvalue weighted by molar-refractivity contribution is 7.17. The van der Waals surface area contributed by atoms with Crippen molar-refractivity contribution in [1.29, 1.82) is 0 Å². The minimum atomic E-state index is -0.933. The first-order chi connectivity index (χ1) is 9.29. The van der Waals surface area contributed by atoms with Crippen molar-refractivity contribution >= 4 is 28.1 Å². The number of carboxylic acids is 1. The molecule has 0 aliphatic heterocycles. The minimum Gasteiger partial charge on any atom is -0.477 e. The fourth-order valence-electron chi connectivity index (χ4n) is 2.01. The van der Waals surface area contributed by atoms with E-state index in [1.54, 1.807) is 6.92 Å². The molecule has 0 saturated heterocycles. The maximum absolute atomic E-state index is 11.1. The van der Waals surface area contributed by atoms with E-state index in [0.717, 1.165) is 17.0 Å². The predicted octanol–water partition coefficient (Wildman–Crippen LogP) is 4.19. The van der Waals surface area contributed by atoms with Crippen LogP contribution in [0, 0.1) is 6.92 Å². The second-order valence-electron chi connectivity index (χ2n) is 5.66. The minimum absolute atomic E-state index is 0.00548. The number of thiazole rings is 1. The van der Waals surface area contributed by atoms with Crippen LogP contribution in [0.1, 0.15) is 41.7 Å². The summed E-state index contributed by atoms with van der Waals surface area (Å²) >= 11 is 1.16. The van der Waals surface area contributed by atoms with Crippen molar-refractivity contribution in [2.24, 2.45) is 0 Å². The Balaban J connectivity index is 2.36. The second-order valence-corrected chi connectivity index (χ2v) is 6.66. The monoisotopic (exact) mass is 290 g/mol. The van der Waals surface area contributed by atoms with Crippen molar-refractivity contribution in [2.45, 2.75) is 33.1 Å². The molecular weight excluding hydrogens is 272 g/mol. The lowest BCUT2D eigenvalue weighted by Gasteiger charge is -2.22. The number of aryl methyl sites for hydroxylation is 1. The molecule has 4 nitrogen and oxygen atoms in total. The van der Waals surface area contributed by atoms with E-state index in [2.05, 4.69) is 37.1 Å². The van der Waals surface area contributed by atoms with Crippen molar-refractivity contribution in [2.75, 3.05) is 5.32 Å². The molecule has 2 aromatic rings. The zero-order valence-corrected chi connectivity index (χ0v) is 12.8. The van der Waals surface area contributed by atoms with Crippen molar-refractivity contribution in [3.05, 3.63) is 40.4 Å². The van der Waals surface area contributed by atoms with Crippen molar-refractivity contribution < 1.29 is 9.90 Å². The van der Waals surface area contributed by atoms with E-state index in [9.17, 15) is 4.79 Å². The van der Waals surface area contributed by atoms with Gasteiger partial charge in [0, 0.05) is 5.69 Å². The molecule has 0 atom stereocenters. The molecule has 1 aromatic carbocycles. The maximum atomic E-state index is 11.1. The average molecular weight is 290 g/mol. The van der Waals surface area contributed by atoms with Crippen LogP contribution in [0.5, 0.6) is 0 Å². The molecule has 106 valence electrons. The molecule has 2 rings (SSSR count). The summed E-state index contributed by atoms with van der Waals surface area (Å²) in [5.41, 5.74) is 2.68. The van der Waals surface area contributed by atoms with Gasteiger partial charge in [-0.15, -0.1) is 0 Å². The van der Waals surface area contributed by atoms with Crippen LogP contribution in [-0.4, -0.2) is 16.1 Å². The first-order valence-electron chi connectivity index (χ1n) is 6.36. The number of anilines is 2. The van der Waals surface area contributed by atoms with Gasteiger partial charge in [0.15, 0.2) is 5.13 Å². The van der Waals surface area contributed by atoms with E-state index in [1.165, 1.54) is 5.56 Å². The number of nitrogens with one attached hydrogen (secondary N) is 1. The van der Waals surface area contributed by atoms with Crippen molar-refractivity contribution in [3.8, 4) is 0 Å². The number of aromatic carboxylic acids is 1. The predicted molar refractivity (Wildman–Crippen MR) is 82.2 cm³/mol. The van der Waals surface area contributed by atoms with Gasteiger partial charge in [-0.2, -0.15) is 0 Å². The molecule has 1 aromatic heterocycles. The number of carbonyl (C=O) groups is 1. The number of hydrogen-bond acceptors (Lipinski definition) is 4. The van der Waals surface area contributed by atoms with E-state index < -0.39 is 5.97 Å². The number of carboxylic acid groups (broad SMARTS) is 1. The van der Waals surface area contributed by atoms with Crippen LogP contribution < -0.4 is 5.32 Å². The van der Waals surface area contributed by atoms with Gasteiger partial charge in [0.05, 0.1) is 5.69 Å². The average Bonchev–Trinajstić information content (AvgIpc) is 2.69. The second kappa shape index (κ2) is 5.25. The van der Waals surface area contributed by atoms with Crippen LogP contribution in [0.4, 0.5) is 10.8 Å². The number of rotatable bonds is 3. The Hall–Kier alpha value is -1.88. The lowest BCUT2D eigenvalue weighted by Crippen LogP contribution is -2.13. The highest BCUT2D eigenvalue weighted by Crippen LogP contribution is 2.33. The third-order valence-corrected chi connectivity index (χ3v) is 4.03. The molecule has 20 heavy (non-hydrogen) atoms. The third-order valence-electron chi connectivity index (χ3n) is 2.97. The number of para-hydroxylation sites is 1. The number of aromatic nitrogens is 1. The molecule has 0 fully saturated rings. The Morgan fingerprint density at radius 1 is 1.30 bits per heavy atom. The summed E-state index contributed by atoms with van der Waals surface area (Å²) in [6, 6.07) is 8.01. The highest BCUT2D eigenvalue weighted by atomic mass is 32.1. The van der Waals surface area contributed by atoms with Gasteiger partial charge in [-0.1, -0.05) is 50.3 Å². The number of hydrogen-bond donors (Lipinski definition) is 2. The number of nitrogens with zero attached hydrogens (tertiary/aromatic N) is 1. The summed E-state index contributed by atoms with van der Waals surface area (Å²) in [7, 11) is 0. The molecule has 0 aliphatic carbocycles. The summed E-state index contributed by atoms with van der Waals surface area (Å²) < 4.78 is 0. The lowest BCUT2D eigenvalue weighted by molar-refractivity contribution is 0.0701. The molecule has 0 radical (unpaired) electrons. The molecular formula is C15H18N2O2S. The van der Waals surface area contributed by atoms with Crippen LogP contribution in [0.3, 0.4) is 0 Å². The van der Waals surface area contributed by atoms with Gasteiger partial charge in [0.2, 0.25) is 0 Å². The zero-order chi connectivity index (χ0) is 14.9. The van der Waals surface area contributed by atoms with E-state index >= 15 is 0 Å². The zero-order valence-electron chi connectivity index (χ0n) is 12.0. The van der Waals surface area contributed by atoms with E-state index in [0.29, 0.717) is 10.8 Å². The van der Waals surface area contributed by atoms with E-state index in [4.69, 9.17) is 5.11 Å². The summed E-state index contributed by atoms with van der Waals surface area (Å²) in [4.78, 5) is 15.6. The molecule has 1 heterocycles. The first-order valence-corrected chi connectivity index (χ1v) is 7.18. The molecule has 5 heteroatoms. The molecule has 0 saturated carbocycles. The fourth-order valence-corrected chi connectivity index (χ4v) is 2.83. The van der Waals surface area contributed by atoms with Crippen molar-refractivity contribution in [3.63, 3.8) is 0 Å². The summed E-state index contributed by atoms with van der Waals surface area (Å²) in [5, 5.41) is 12.9. The standard InChI is InChI=1S/C15H18N2O2S/c1-9-12(13(18)19)20-14(16-9)17-11-8-6-5-7-10(11)15(2,3)4/h5-8H,1-4H3,(H,16,17)(H,18,19). The van der Waals surface area contributed by atoms with Gasteiger partial charge in [-0.25, -0.2) is 9.78 Å². The van der Waals surface area contributed by atoms with Gasteiger partial charge in [-0.05, 0) is 24.0 Å². The van der Waals surface area contributed by atoms with Gasteiger partial charge in [-0.3, -0.25) is 0 Å². The van der Waals surface area contributed by atoms with Crippen LogP contribution in [-0.2, 0) is 5.41 Å². The first kappa shape index (κ1) is 14.5. The number of benzene rings is 1. The lowest BCUT2D eigenvalue weighted by atomic mass is 9.86. The SMILES string of the molecule is Cc1nc(Nc2ccccc2C(C)(C)C)sc1C(=O)O. The Bertz CT molecular complexity index is 642.